The van der Waals surface area contributed by atoms with Gasteiger partial charge in [-0.2, -0.15) is 0 Å². The number of nitrogens with zero attached hydrogens (tertiary/aromatic N) is 1. The molecule has 0 saturated carbocycles. The first kappa shape index (κ1) is 15.3. The molecule has 1 aromatic heterocycles. The average molecular weight is 336 g/mol. The Hall–Kier alpha value is -2.93. The normalized spacial score (nSPS) is 12.7. The van der Waals surface area contributed by atoms with Gasteiger partial charge in [0.2, 0.25) is 5.69 Å². The second-order valence-electron chi connectivity index (χ2n) is 7.40. The molecule has 0 saturated heterocycles. The lowest BCUT2D eigenvalue weighted by molar-refractivity contribution is -0.660. The van der Waals surface area contributed by atoms with Crippen LogP contribution in [0.25, 0.3) is 33.2 Å². The molecule has 1 nitrogen and oxygen atoms in total. The maximum Gasteiger partial charge on any atom is 0.213 e. The van der Waals surface area contributed by atoms with Crippen molar-refractivity contribution in [2.24, 2.45) is 7.05 Å². The molecule has 0 atom stereocenters. The van der Waals surface area contributed by atoms with Crippen LogP contribution in [0.2, 0.25) is 0 Å². The highest BCUT2D eigenvalue weighted by atomic mass is 14.9. The Morgan fingerprint density at radius 1 is 0.769 bits per heavy atom. The summed E-state index contributed by atoms with van der Waals surface area (Å²) in [4.78, 5) is 0. The van der Waals surface area contributed by atoms with Crippen LogP contribution in [-0.4, -0.2) is 0 Å². The molecule has 26 heavy (non-hydrogen) atoms. The number of benzene rings is 3. The topological polar surface area (TPSA) is 3.88 Å². The van der Waals surface area contributed by atoms with E-state index < -0.39 is 0 Å². The van der Waals surface area contributed by atoms with Gasteiger partial charge < -0.3 is 0 Å². The van der Waals surface area contributed by atoms with Gasteiger partial charge in [-0.25, -0.2) is 4.57 Å². The summed E-state index contributed by atoms with van der Waals surface area (Å²) in [6.45, 7) is 2.24. The fourth-order valence-corrected chi connectivity index (χ4v) is 4.31. The van der Waals surface area contributed by atoms with Gasteiger partial charge in [-0.05, 0) is 52.8 Å². The molecule has 1 heteroatoms. The van der Waals surface area contributed by atoms with Crippen LogP contribution in [0.3, 0.4) is 0 Å². The van der Waals surface area contributed by atoms with E-state index in [-0.39, 0.29) is 0 Å². The van der Waals surface area contributed by atoms with Gasteiger partial charge >= 0.3 is 0 Å². The third-order valence-electron chi connectivity index (χ3n) is 5.63. The van der Waals surface area contributed by atoms with Crippen molar-refractivity contribution >= 4 is 10.8 Å². The molecule has 4 bridgehead atoms. The molecular weight excluding hydrogens is 314 g/mol. The van der Waals surface area contributed by atoms with Crippen LogP contribution in [0.5, 0.6) is 0 Å². The Balaban J connectivity index is 2.00. The molecule has 0 N–H and O–H groups in total. The van der Waals surface area contributed by atoms with Gasteiger partial charge in [0, 0.05) is 17.7 Å². The first-order valence-electron chi connectivity index (χ1n) is 9.31. The van der Waals surface area contributed by atoms with E-state index in [0.29, 0.717) is 0 Å². The molecular formula is C25H22N+. The molecule has 0 fully saturated rings. The van der Waals surface area contributed by atoms with Crippen LogP contribution in [0.4, 0.5) is 0 Å². The third-order valence-corrected chi connectivity index (χ3v) is 5.63. The number of fused-ring (bicyclic) bond motifs is 9. The van der Waals surface area contributed by atoms with Crippen molar-refractivity contribution < 1.29 is 4.57 Å². The van der Waals surface area contributed by atoms with Crippen molar-refractivity contribution in [3.8, 4) is 22.4 Å². The molecule has 0 aliphatic heterocycles. The fourth-order valence-electron chi connectivity index (χ4n) is 4.31. The summed E-state index contributed by atoms with van der Waals surface area (Å²) in [5, 5.41) is 2.64. The van der Waals surface area contributed by atoms with Crippen LogP contribution < -0.4 is 4.57 Å². The highest BCUT2D eigenvalue weighted by Gasteiger charge is 2.22. The maximum atomic E-state index is 2.39. The van der Waals surface area contributed by atoms with Gasteiger partial charge in [-0.3, -0.25) is 0 Å². The number of hydrogen-bond donors (Lipinski definition) is 0. The Morgan fingerprint density at radius 2 is 1.58 bits per heavy atom. The number of aryl methyl sites for hydroxylation is 4. The van der Waals surface area contributed by atoms with E-state index in [0.717, 1.165) is 12.8 Å². The quantitative estimate of drug-likeness (QED) is 0.378. The first-order chi connectivity index (χ1) is 12.7. The van der Waals surface area contributed by atoms with Gasteiger partial charge in [0.1, 0.15) is 7.05 Å². The minimum absolute atomic E-state index is 1.08. The SMILES string of the molecule is Cc1cc2ccccc2c2c1-c1cc(cc[n+]1C)CCc1cccc-2c1. The van der Waals surface area contributed by atoms with E-state index in [4.69, 9.17) is 0 Å². The Morgan fingerprint density at radius 3 is 2.46 bits per heavy atom. The van der Waals surface area contributed by atoms with Gasteiger partial charge in [-0.15, -0.1) is 0 Å². The lowest BCUT2D eigenvalue weighted by Crippen LogP contribution is -2.31. The van der Waals surface area contributed by atoms with Gasteiger partial charge in [-0.1, -0.05) is 54.6 Å². The fraction of sp³-hybridized carbons (Fsp3) is 0.160. The van der Waals surface area contributed by atoms with Crippen LogP contribution >= 0.6 is 0 Å². The van der Waals surface area contributed by atoms with Crippen LogP contribution in [0.1, 0.15) is 16.7 Å². The van der Waals surface area contributed by atoms with Gasteiger partial charge in [0.05, 0.1) is 5.56 Å². The zero-order chi connectivity index (χ0) is 17.7. The van der Waals surface area contributed by atoms with Crippen molar-refractivity contribution in [3.63, 3.8) is 0 Å². The number of rotatable bonds is 0. The standard InChI is InChI=1S/C25H22N/c1-17-14-20-7-3-4-9-22(20)25-21-8-5-6-18(15-21)10-11-19-12-13-26(2)23(16-19)24(17)25/h3-9,12-16H,10-11H2,1-2H3/q+1. The highest BCUT2D eigenvalue weighted by Crippen LogP contribution is 2.40. The second kappa shape index (κ2) is 5.81. The Kier molecular flexibility index (Phi) is 3.43. The largest absolute Gasteiger partial charge is 0.213 e. The minimum atomic E-state index is 1.08. The van der Waals surface area contributed by atoms with Crippen molar-refractivity contribution in [2.45, 2.75) is 19.8 Å². The molecule has 126 valence electrons. The molecule has 1 aliphatic carbocycles. The van der Waals surface area contributed by atoms with Crippen molar-refractivity contribution in [2.75, 3.05) is 0 Å². The summed E-state index contributed by atoms with van der Waals surface area (Å²) in [6, 6.07) is 24.8. The number of pyridine rings is 1. The van der Waals surface area contributed by atoms with E-state index in [1.165, 1.54) is 49.8 Å². The van der Waals surface area contributed by atoms with Gasteiger partial charge in [0.25, 0.3) is 0 Å². The predicted molar refractivity (Wildman–Crippen MR) is 108 cm³/mol. The zero-order valence-corrected chi connectivity index (χ0v) is 15.3. The van der Waals surface area contributed by atoms with E-state index >= 15 is 0 Å². The van der Waals surface area contributed by atoms with Crippen LogP contribution in [-0.2, 0) is 19.9 Å². The summed E-state index contributed by atoms with van der Waals surface area (Å²) in [5.41, 5.74) is 9.49. The van der Waals surface area contributed by atoms with E-state index in [9.17, 15) is 0 Å². The van der Waals surface area contributed by atoms with E-state index in [1.54, 1.807) is 0 Å². The van der Waals surface area contributed by atoms with Gasteiger partial charge in [0.15, 0.2) is 6.20 Å². The molecule has 0 amide bonds. The van der Waals surface area contributed by atoms with Crippen LogP contribution in [0.15, 0.2) is 72.9 Å². The molecule has 0 spiro atoms. The van der Waals surface area contributed by atoms with Crippen molar-refractivity contribution in [1.82, 2.24) is 0 Å². The Labute approximate surface area is 154 Å². The van der Waals surface area contributed by atoms with Crippen molar-refractivity contribution in [3.05, 3.63) is 89.6 Å². The van der Waals surface area contributed by atoms with E-state index in [1.807, 2.05) is 0 Å². The molecule has 5 rings (SSSR count). The summed E-state index contributed by atoms with van der Waals surface area (Å²) in [5.74, 6) is 0. The lowest BCUT2D eigenvalue weighted by Gasteiger charge is -2.18. The van der Waals surface area contributed by atoms with E-state index in [2.05, 4.69) is 91.5 Å². The first-order valence-corrected chi connectivity index (χ1v) is 9.31. The third kappa shape index (κ3) is 2.35. The Bertz CT molecular complexity index is 1150. The molecule has 1 aliphatic rings. The molecule has 1 heterocycles. The lowest BCUT2D eigenvalue weighted by atomic mass is 9.86. The predicted octanol–water partition coefficient (Wildman–Crippen LogP) is 5.41. The second-order valence-corrected chi connectivity index (χ2v) is 7.40. The number of aromatic nitrogens is 1. The minimum Gasteiger partial charge on any atom is -0.201 e. The molecule has 0 radical (unpaired) electrons. The summed E-state index contributed by atoms with van der Waals surface area (Å²) in [6.07, 6.45) is 4.37. The maximum absolute atomic E-state index is 2.39. The smallest absolute Gasteiger partial charge is 0.201 e. The molecule has 4 aromatic rings. The molecule has 0 unspecified atom stereocenters. The zero-order valence-electron chi connectivity index (χ0n) is 15.3. The van der Waals surface area contributed by atoms with Crippen LogP contribution in [0, 0.1) is 6.92 Å². The summed E-state index contributed by atoms with van der Waals surface area (Å²) >= 11 is 0. The molecule has 3 aromatic carbocycles. The van der Waals surface area contributed by atoms with Crippen molar-refractivity contribution in [1.29, 1.82) is 0 Å². The average Bonchev–Trinajstić information content (AvgIpc) is 2.66. The summed E-state index contributed by atoms with van der Waals surface area (Å²) < 4.78 is 2.26. The number of hydrogen-bond acceptors (Lipinski definition) is 0. The highest BCUT2D eigenvalue weighted by molar-refractivity contribution is 6.04. The monoisotopic (exact) mass is 336 g/mol. The summed E-state index contributed by atoms with van der Waals surface area (Å²) in [7, 11) is 2.15.